The molecule has 0 bridgehead atoms. The third kappa shape index (κ3) is 9.02. The van der Waals surface area contributed by atoms with Crippen LogP contribution in [0.4, 0.5) is 13.2 Å². The number of alkyl halides is 3. The number of aromatic nitrogens is 1. The number of halogens is 3. The zero-order chi connectivity index (χ0) is 19.4. The molecule has 0 amide bonds. The van der Waals surface area contributed by atoms with Crippen LogP contribution in [0.2, 0.25) is 0 Å². The van der Waals surface area contributed by atoms with E-state index in [1.165, 1.54) is 0 Å². The van der Waals surface area contributed by atoms with Crippen LogP contribution in [-0.4, -0.2) is 37.1 Å². The zero-order valence-corrected chi connectivity index (χ0v) is 15.8. The summed E-state index contributed by atoms with van der Waals surface area (Å²) in [6, 6.07) is 0. The molecule has 0 unspecified atom stereocenters. The van der Waals surface area contributed by atoms with Crippen molar-refractivity contribution in [3.63, 3.8) is 0 Å². The lowest BCUT2D eigenvalue weighted by atomic mass is 10.1. The molecule has 6 nitrogen and oxygen atoms in total. The first kappa shape index (κ1) is 22.2. The van der Waals surface area contributed by atoms with Crippen LogP contribution in [-0.2, 0) is 22.3 Å². The standard InChI is InChI=1S/C16H25F3N4O2S/c1-3-25-14(24)8-6-4-5-7-9-21-15(20-2)22-10-13-23-12(11-26-13)16(17,18)19/h11H,3-10H2,1-2H3,(H2,20,21,22). The van der Waals surface area contributed by atoms with Crippen LogP contribution in [0.3, 0.4) is 0 Å². The van der Waals surface area contributed by atoms with E-state index in [9.17, 15) is 18.0 Å². The molecule has 0 spiro atoms. The maximum atomic E-state index is 12.5. The maximum absolute atomic E-state index is 12.5. The van der Waals surface area contributed by atoms with Gasteiger partial charge in [-0.25, -0.2) is 4.98 Å². The Balaban J connectivity index is 2.16. The second-order valence-electron chi connectivity index (χ2n) is 5.45. The van der Waals surface area contributed by atoms with Crippen molar-refractivity contribution >= 4 is 23.3 Å². The van der Waals surface area contributed by atoms with Crippen LogP contribution in [0, 0.1) is 0 Å². The van der Waals surface area contributed by atoms with Crippen molar-refractivity contribution in [1.82, 2.24) is 15.6 Å². The molecule has 10 heteroatoms. The molecule has 0 radical (unpaired) electrons. The molecule has 0 aromatic carbocycles. The smallest absolute Gasteiger partial charge is 0.434 e. The predicted octanol–water partition coefficient (Wildman–Crippen LogP) is 3.34. The van der Waals surface area contributed by atoms with Crippen LogP contribution >= 0.6 is 11.3 Å². The van der Waals surface area contributed by atoms with E-state index in [0.29, 0.717) is 30.5 Å². The average molecular weight is 394 g/mol. The Kier molecular flexibility index (Phi) is 10.0. The number of rotatable bonds is 10. The van der Waals surface area contributed by atoms with E-state index in [0.717, 1.165) is 42.4 Å². The first-order valence-electron chi connectivity index (χ1n) is 8.48. The molecule has 1 aromatic rings. The topological polar surface area (TPSA) is 75.6 Å². The SMILES string of the molecule is CCOC(=O)CCCCCCNC(=NC)NCc1nc(C(F)(F)F)cs1. The van der Waals surface area contributed by atoms with E-state index in [4.69, 9.17) is 4.74 Å². The zero-order valence-electron chi connectivity index (χ0n) is 15.0. The van der Waals surface area contributed by atoms with E-state index >= 15 is 0 Å². The molecule has 1 rings (SSSR count). The predicted molar refractivity (Wildman–Crippen MR) is 95.0 cm³/mol. The first-order chi connectivity index (χ1) is 12.4. The molecule has 0 fully saturated rings. The molecule has 0 aliphatic carbocycles. The molecule has 0 atom stereocenters. The van der Waals surface area contributed by atoms with Gasteiger partial charge < -0.3 is 15.4 Å². The molecule has 0 saturated carbocycles. The van der Waals surface area contributed by atoms with Crippen molar-refractivity contribution in [2.75, 3.05) is 20.2 Å². The number of hydrogen-bond acceptors (Lipinski definition) is 5. The number of nitrogens with one attached hydrogen (secondary N) is 2. The summed E-state index contributed by atoms with van der Waals surface area (Å²) in [5.74, 6) is 0.353. The van der Waals surface area contributed by atoms with Crippen molar-refractivity contribution in [2.45, 2.75) is 51.7 Å². The number of esters is 1. The van der Waals surface area contributed by atoms with Gasteiger partial charge in [0.1, 0.15) is 5.01 Å². The Morgan fingerprint density at radius 3 is 2.62 bits per heavy atom. The van der Waals surface area contributed by atoms with Crippen molar-refractivity contribution in [2.24, 2.45) is 4.99 Å². The van der Waals surface area contributed by atoms with Crippen molar-refractivity contribution in [1.29, 1.82) is 0 Å². The summed E-state index contributed by atoms with van der Waals surface area (Å²) in [6.45, 7) is 3.06. The number of ether oxygens (including phenoxy) is 1. The first-order valence-corrected chi connectivity index (χ1v) is 9.36. The van der Waals surface area contributed by atoms with Crippen LogP contribution < -0.4 is 10.6 Å². The van der Waals surface area contributed by atoms with Crippen LogP contribution in [0.5, 0.6) is 0 Å². The summed E-state index contributed by atoms with van der Waals surface area (Å²) in [4.78, 5) is 18.8. The lowest BCUT2D eigenvalue weighted by Gasteiger charge is -2.10. The van der Waals surface area contributed by atoms with E-state index in [-0.39, 0.29) is 12.5 Å². The van der Waals surface area contributed by atoms with Gasteiger partial charge in [-0.2, -0.15) is 13.2 Å². The number of hydrogen-bond donors (Lipinski definition) is 2. The summed E-state index contributed by atoms with van der Waals surface area (Å²) in [5.41, 5.74) is -0.870. The highest BCUT2D eigenvalue weighted by atomic mass is 32.1. The molecule has 0 saturated heterocycles. The van der Waals surface area contributed by atoms with Gasteiger partial charge in [0.2, 0.25) is 0 Å². The van der Waals surface area contributed by atoms with E-state index < -0.39 is 11.9 Å². The number of aliphatic imine (C=N–C) groups is 1. The van der Waals surface area contributed by atoms with E-state index in [1.54, 1.807) is 14.0 Å². The molecular weight excluding hydrogens is 369 g/mol. The fourth-order valence-corrected chi connectivity index (χ4v) is 2.83. The number of carbonyl (C=O) groups is 1. The molecule has 2 N–H and O–H groups in total. The Morgan fingerprint density at radius 1 is 1.27 bits per heavy atom. The Labute approximate surface area is 155 Å². The summed E-state index contributed by atoms with van der Waals surface area (Å²) < 4.78 is 42.4. The van der Waals surface area contributed by atoms with Crippen molar-refractivity contribution < 1.29 is 22.7 Å². The van der Waals surface area contributed by atoms with Gasteiger partial charge in [-0.15, -0.1) is 11.3 Å². The van der Waals surface area contributed by atoms with Crippen LogP contribution in [0.1, 0.15) is 49.7 Å². The number of thiazole rings is 1. The molecule has 0 aliphatic rings. The minimum Gasteiger partial charge on any atom is -0.466 e. The van der Waals surface area contributed by atoms with Gasteiger partial charge >= 0.3 is 12.1 Å². The number of unbranched alkanes of at least 4 members (excludes halogenated alkanes) is 3. The fraction of sp³-hybridized carbons (Fsp3) is 0.688. The summed E-state index contributed by atoms with van der Waals surface area (Å²) in [7, 11) is 1.59. The van der Waals surface area contributed by atoms with Gasteiger partial charge in [-0.05, 0) is 19.8 Å². The molecule has 0 aliphatic heterocycles. The Bertz CT molecular complexity index is 576. The highest BCUT2D eigenvalue weighted by Crippen LogP contribution is 2.29. The number of guanidine groups is 1. The van der Waals surface area contributed by atoms with Gasteiger partial charge in [-0.3, -0.25) is 9.79 Å². The Morgan fingerprint density at radius 2 is 2.00 bits per heavy atom. The largest absolute Gasteiger partial charge is 0.466 e. The monoisotopic (exact) mass is 394 g/mol. The Hall–Kier alpha value is -1.84. The third-order valence-electron chi connectivity index (χ3n) is 3.38. The van der Waals surface area contributed by atoms with Crippen molar-refractivity contribution in [3.05, 3.63) is 16.1 Å². The average Bonchev–Trinajstić information content (AvgIpc) is 3.06. The van der Waals surface area contributed by atoms with Crippen molar-refractivity contribution in [3.8, 4) is 0 Å². The van der Waals surface area contributed by atoms with Gasteiger partial charge in [0, 0.05) is 25.4 Å². The number of nitrogens with zero attached hydrogens (tertiary/aromatic N) is 2. The maximum Gasteiger partial charge on any atom is 0.434 e. The van der Waals surface area contributed by atoms with E-state index in [2.05, 4.69) is 20.6 Å². The van der Waals surface area contributed by atoms with Crippen LogP contribution in [0.25, 0.3) is 0 Å². The van der Waals surface area contributed by atoms with Gasteiger partial charge in [0.25, 0.3) is 0 Å². The number of carbonyl (C=O) groups excluding carboxylic acids is 1. The summed E-state index contributed by atoms with van der Waals surface area (Å²) in [6.07, 6.45) is -0.368. The molecular formula is C16H25F3N4O2S. The molecule has 1 heterocycles. The van der Waals surface area contributed by atoms with Gasteiger partial charge in [-0.1, -0.05) is 12.8 Å². The minimum absolute atomic E-state index is 0.161. The third-order valence-corrected chi connectivity index (χ3v) is 4.23. The molecule has 148 valence electrons. The highest BCUT2D eigenvalue weighted by molar-refractivity contribution is 7.09. The minimum atomic E-state index is -4.41. The molecule has 1 aromatic heterocycles. The summed E-state index contributed by atoms with van der Waals surface area (Å²) >= 11 is 0.958. The summed E-state index contributed by atoms with van der Waals surface area (Å²) in [5, 5.41) is 7.39. The normalized spacial score (nSPS) is 12.1. The molecule has 26 heavy (non-hydrogen) atoms. The lowest BCUT2D eigenvalue weighted by molar-refractivity contribution is -0.143. The van der Waals surface area contributed by atoms with Crippen LogP contribution in [0.15, 0.2) is 10.4 Å². The quantitative estimate of drug-likeness (QED) is 0.276. The van der Waals surface area contributed by atoms with E-state index in [1.807, 2.05) is 0 Å². The van der Waals surface area contributed by atoms with Gasteiger partial charge in [0.05, 0.1) is 13.2 Å². The fourth-order valence-electron chi connectivity index (χ4n) is 2.09. The second kappa shape index (κ2) is 11.7. The van der Waals surface area contributed by atoms with Gasteiger partial charge in [0.15, 0.2) is 11.7 Å². The second-order valence-corrected chi connectivity index (χ2v) is 6.39. The lowest BCUT2D eigenvalue weighted by Crippen LogP contribution is -2.37. The highest BCUT2D eigenvalue weighted by Gasteiger charge is 2.33.